The van der Waals surface area contributed by atoms with Gasteiger partial charge in [-0.05, 0) is 19.3 Å². The molecule has 0 aromatic carbocycles. The smallest absolute Gasteiger partial charge is 0.327 e. The Hall–Kier alpha value is -0.610. The van der Waals surface area contributed by atoms with Gasteiger partial charge in [0.15, 0.2) is 0 Å². The quantitative estimate of drug-likeness (QED) is 0.666. The van der Waals surface area contributed by atoms with Gasteiger partial charge in [-0.25, -0.2) is 0 Å². The van der Waals surface area contributed by atoms with Gasteiger partial charge in [0.05, 0.1) is 5.92 Å². The zero-order valence-electron chi connectivity index (χ0n) is 8.95. The van der Waals surface area contributed by atoms with Crippen molar-refractivity contribution in [1.29, 1.82) is 0 Å². The van der Waals surface area contributed by atoms with Crippen molar-refractivity contribution in [3.05, 3.63) is 0 Å². The van der Waals surface area contributed by atoms with Gasteiger partial charge in [-0.15, -0.1) is 5.48 Å². The highest BCUT2D eigenvalue weighted by molar-refractivity contribution is 5.71. The number of hydrogen-bond donors (Lipinski definition) is 2. The van der Waals surface area contributed by atoms with Crippen molar-refractivity contribution in [2.24, 2.45) is 11.7 Å². The van der Waals surface area contributed by atoms with Crippen LogP contribution in [-0.2, 0) is 9.63 Å². The van der Waals surface area contributed by atoms with Crippen LogP contribution in [0.15, 0.2) is 0 Å². The Morgan fingerprint density at radius 1 is 1.50 bits per heavy atom. The molecule has 1 aliphatic carbocycles. The van der Waals surface area contributed by atoms with Gasteiger partial charge in [0.2, 0.25) is 0 Å². The third-order valence-corrected chi connectivity index (χ3v) is 2.51. The Labute approximate surface area is 85.1 Å². The van der Waals surface area contributed by atoms with E-state index in [1.807, 2.05) is 13.8 Å². The number of carbonyl (C=O) groups is 1. The van der Waals surface area contributed by atoms with E-state index in [4.69, 9.17) is 10.6 Å². The molecule has 4 heteroatoms. The molecule has 3 N–H and O–H groups in total. The zero-order valence-corrected chi connectivity index (χ0v) is 8.95. The average Bonchev–Trinajstić information content (AvgIpc) is 2.14. The first-order chi connectivity index (χ1) is 6.59. The first-order valence-electron chi connectivity index (χ1n) is 5.31. The molecule has 0 saturated heterocycles. The van der Waals surface area contributed by atoms with Gasteiger partial charge in [0.1, 0.15) is 0 Å². The summed E-state index contributed by atoms with van der Waals surface area (Å²) in [5.74, 6) is -0.288. The topological polar surface area (TPSA) is 64.3 Å². The van der Waals surface area contributed by atoms with Gasteiger partial charge in [0, 0.05) is 12.1 Å². The van der Waals surface area contributed by atoms with Crippen LogP contribution in [0.2, 0.25) is 0 Å². The van der Waals surface area contributed by atoms with Crippen LogP contribution >= 0.6 is 0 Å². The van der Waals surface area contributed by atoms with Gasteiger partial charge in [0.25, 0.3) is 0 Å². The minimum absolute atomic E-state index is 0.0836. The van der Waals surface area contributed by atoms with Gasteiger partial charge < -0.3 is 10.6 Å². The molecule has 0 heterocycles. The largest absolute Gasteiger partial charge is 0.370 e. The molecule has 2 atom stereocenters. The number of nitrogens with one attached hydrogen (secondary N) is 1. The van der Waals surface area contributed by atoms with E-state index in [0.717, 1.165) is 25.7 Å². The van der Waals surface area contributed by atoms with Crippen molar-refractivity contribution in [1.82, 2.24) is 5.48 Å². The fourth-order valence-electron chi connectivity index (χ4n) is 1.59. The molecule has 1 rings (SSSR count). The molecule has 0 bridgehead atoms. The summed E-state index contributed by atoms with van der Waals surface area (Å²) in [6.45, 7) is 3.63. The summed E-state index contributed by atoms with van der Waals surface area (Å²) < 4.78 is 0. The van der Waals surface area contributed by atoms with Crippen LogP contribution in [0.3, 0.4) is 0 Å². The number of hydrogen-bond acceptors (Lipinski definition) is 4. The average molecular weight is 200 g/mol. The molecule has 14 heavy (non-hydrogen) atoms. The predicted molar refractivity (Wildman–Crippen MR) is 54.3 cm³/mol. The maximum atomic E-state index is 11.2. The van der Waals surface area contributed by atoms with Crippen LogP contribution in [0.4, 0.5) is 0 Å². The molecular formula is C10H20N2O2. The van der Waals surface area contributed by atoms with E-state index in [0.29, 0.717) is 0 Å². The van der Waals surface area contributed by atoms with Crippen molar-refractivity contribution in [2.45, 2.75) is 51.6 Å². The van der Waals surface area contributed by atoms with E-state index in [2.05, 4.69) is 5.48 Å². The minimum Gasteiger partial charge on any atom is -0.370 e. The number of nitrogens with two attached hydrogens (primary N) is 1. The highest BCUT2D eigenvalue weighted by Crippen LogP contribution is 2.16. The number of hydroxylamine groups is 1. The second-order valence-electron chi connectivity index (χ2n) is 4.32. The summed E-state index contributed by atoms with van der Waals surface area (Å²) in [6.07, 6.45) is 4.12. The van der Waals surface area contributed by atoms with Crippen molar-refractivity contribution < 1.29 is 9.63 Å². The highest BCUT2D eigenvalue weighted by atomic mass is 16.7. The lowest BCUT2D eigenvalue weighted by Gasteiger charge is -2.26. The summed E-state index contributed by atoms with van der Waals surface area (Å²) in [4.78, 5) is 16.1. The van der Waals surface area contributed by atoms with Crippen molar-refractivity contribution >= 4 is 5.97 Å². The minimum atomic E-state index is -0.204. The third-order valence-electron chi connectivity index (χ3n) is 2.51. The Kier molecular flexibility index (Phi) is 4.35. The summed E-state index contributed by atoms with van der Waals surface area (Å²) >= 11 is 0. The molecule has 4 nitrogen and oxygen atoms in total. The Morgan fingerprint density at radius 2 is 2.21 bits per heavy atom. The standard InChI is InChI=1S/C10H20N2O2/c1-7(2)10(13)14-12-9-5-3-4-8(11)6-9/h7-9,12H,3-6,11H2,1-2H3. The summed E-state index contributed by atoms with van der Waals surface area (Å²) in [5, 5.41) is 0. The Morgan fingerprint density at radius 3 is 2.79 bits per heavy atom. The first kappa shape index (κ1) is 11.5. The van der Waals surface area contributed by atoms with Crippen LogP contribution < -0.4 is 11.2 Å². The predicted octanol–water partition coefficient (Wildman–Crippen LogP) is 0.960. The molecular weight excluding hydrogens is 180 g/mol. The van der Waals surface area contributed by atoms with Crippen LogP contribution in [0.5, 0.6) is 0 Å². The number of rotatable bonds is 3. The lowest BCUT2D eigenvalue weighted by molar-refractivity contribution is -0.157. The van der Waals surface area contributed by atoms with Gasteiger partial charge in [-0.1, -0.05) is 20.3 Å². The van der Waals surface area contributed by atoms with Crippen LogP contribution in [0.1, 0.15) is 39.5 Å². The van der Waals surface area contributed by atoms with Crippen LogP contribution in [0, 0.1) is 5.92 Å². The van der Waals surface area contributed by atoms with E-state index in [9.17, 15) is 4.79 Å². The maximum absolute atomic E-state index is 11.2. The van der Waals surface area contributed by atoms with E-state index in [1.54, 1.807) is 0 Å². The second-order valence-corrected chi connectivity index (χ2v) is 4.32. The SMILES string of the molecule is CC(C)C(=O)ONC1CCCC(N)C1. The van der Waals surface area contributed by atoms with Gasteiger partial charge >= 0.3 is 5.97 Å². The van der Waals surface area contributed by atoms with Crippen molar-refractivity contribution in [2.75, 3.05) is 0 Å². The first-order valence-corrected chi connectivity index (χ1v) is 5.31. The van der Waals surface area contributed by atoms with E-state index >= 15 is 0 Å². The second kappa shape index (κ2) is 5.32. The van der Waals surface area contributed by atoms with Crippen molar-refractivity contribution in [3.63, 3.8) is 0 Å². The Bertz CT molecular complexity index is 195. The molecule has 0 aromatic heterocycles. The summed E-state index contributed by atoms with van der Waals surface area (Å²) in [7, 11) is 0. The van der Waals surface area contributed by atoms with E-state index in [-0.39, 0.29) is 24.0 Å². The molecule has 0 aliphatic heterocycles. The van der Waals surface area contributed by atoms with E-state index in [1.165, 1.54) is 0 Å². The lowest BCUT2D eigenvalue weighted by Crippen LogP contribution is -2.40. The molecule has 0 radical (unpaired) electrons. The number of carbonyl (C=O) groups excluding carboxylic acids is 1. The molecule has 1 saturated carbocycles. The highest BCUT2D eigenvalue weighted by Gasteiger charge is 2.20. The van der Waals surface area contributed by atoms with Gasteiger partial charge in [-0.2, -0.15) is 0 Å². The Balaban J connectivity index is 2.20. The van der Waals surface area contributed by atoms with Gasteiger partial charge in [-0.3, -0.25) is 4.79 Å². The van der Waals surface area contributed by atoms with Crippen LogP contribution in [-0.4, -0.2) is 18.1 Å². The molecule has 0 spiro atoms. The third kappa shape index (κ3) is 3.64. The maximum Gasteiger partial charge on any atom is 0.327 e. The monoisotopic (exact) mass is 200 g/mol. The fraction of sp³-hybridized carbons (Fsp3) is 0.900. The summed E-state index contributed by atoms with van der Waals surface area (Å²) in [5.41, 5.74) is 8.61. The molecule has 0 aromatic rings. The molecule has 0 amide bonds. The molecule has 1 fully saturated rings. The summed E-state index contributed by atoms with van der Waals surface area (Å²) in [6, 6.07) is 0.487. The normalized spacial score (nSPS) is 27.7. The molecule has 1 aliphatic rings. The molecule has 82 valence electrons. The zero-order chi connectivity index (χ0) is 10.6. The lowest BCUT2D eigenvalue weighted by atomic mass is 9.92. The molecule has 2 unspecified atom stereocenters. The van der Waals surface area contributed by atoms with Crippen LogP contribution in [0.25, 0.3) is 0 Å². The van der Waals surface area contributed by atoms with E-state index < -0.39 is 0 Å². The fourth-order valence-corrected chi connectivity index (χ4v) is 1.59. The van der Waals surface area contributed by atoms with Crippen molar-refractivity contribution in [3.8, 4) is 0 Å².